The number of pyridine rings is 1. The second-order valence-electron chi connectivity index (χ2n) is 7.07. The Morgan fingerprint density at radius 3 is 2.52 bits per heavy atom. The van der Waals surface area contributed by atoms with E-state index in [9.17, 15) is 13.6 Å². The molecule has 8 heteroatoms. The number of nitrogens with zero attached hydrogens (tertiary/aromatic N) is 3. The van der Waals surface area contributed by atoms with E-state index in [4.69, 9.17) is 4.98 Å². The molecule has 4 aromatic rings. The van der Waals surface area contributed by atoms with Crippen molar-refractivity contribution in [3.63, 3.8) is 0 Å². The highest BCUT2D eigenvalue weighted by molar-refractivity contribution is 6.13. The summed E-state index contributed by atoms with van der Waals surface area (Å²) in [5, 5.41) is 7.78. The van der Waals surface area contributed by atoms with E-state index in [-0.39, 0.29) is 11.4 Å². The molecule has 0 bridgehead atoms. The number of para-hydroxylation sites is 3. The van der Waals surface area contributed by atoms with Crippen molar-refractivity contribution in [3.05, 3.63) is 71.5 Å². The summed E-state index contributed by atoms with van der Waals surface area (Å²) in [6.45, 7) is 0.823. The van der Waals surface area contributed by atoms with Crippen molar-refractivity contribution >= 4 is 22.5 Å². The van der Waals surface area contributed by atoms with E-state index >= 15 is 0 Å². The van der Waals surface area contributed by atoms with Crippen LogP contribution in [0.4, 0.5) is 14.5 Å². The van der Waals surface area contributed by atoms with Crippen molar-refractivity contribution in [3.8, 4) is 17.0 Å². The third-order valence-corrected chi connectivity index (χ3v) is 5.08. The number of ether oxygens (including phenoxy) is 1. The maximum absolute atomic E-state index is 13.2. The van der Waals surface area contributed by atoms with E-state index in [0.717, 1.165) is 17.0 Å². The molecular weight excluding hydrogens is 402 g/mol. The fourth-order valence-electron chi connectivity index (χ4n) is 3.59. The van der Waals surface area contributed by atoms with Crippen LogP contribution in [0.1, 0.15) is 21.7 Å². The number of benzene rings is 2. The molecule has 0 aliphatic rings. The molecule has 4 rings (SSSR count). The zero-order chi connectivity index (χ0) is 22.1. The number of fused-ring (bicyclic) bond motifs is 1. The first-order chi connectivity index (χ1) is 14.8. The highest BCUT2D eigenvalue weighted by Crippen LogP contribution is 2.31. The second-order valence-corrected chi connectivity index (χ2v) is 7.07. The SMILES string of the molecule is Cc1nn(C)c(C)c1-c1cc(C(=O)Nc2ccccc2OC(F)F)c2ccccc2n1. The molecule has 0 unspecified atom stereocenters. The third kappa shape index (κ3) is 3.96. The number of aromatic nitrogens is 3. The molecule has 0 spiro atoms. The summed E-state index contributed by atoms with van der Waals surface area (Å²) in [5.41, 5.74) is 4.35. The summed E-state index contributed by atoms with van der Waals surface area (Å²) in [7, 11) is 1.85. The lowest BCUT2D eigenvalue weighted by molar-refractivity contribution is -0.0493. The average molecular weight is 422 g/mol. The maximum Gasteiger partial charge on any atom is 0.387 e. The Morgan fingerprint density at radius 2 is 1.81 bits per heavy atom. The van der Waals surface area contributed by atoms with E-state index in [2.05, 4.69) is 15.2 Å². The van der Waals surface area contributed by atoms with Crippen LogP contribution in [0, 0.1) is 13.8 Å². The van der Waals surface area contributed by atoms with Gasteiger partial charge >= 0.3 is 6.61 Å². The van der Waals surface area contributed by atoms with Gasteiger partial charge < -0.3 is 10.1 Å². The van der Waals surface area contributed by atoms with Gasteiger partial charge in [0, 0.05) is 23.7 Å². The number of rotatable bonds is 5. The molecular formula is C23H20F2N4O2. The first-order valence-electron chi connectivity index (χ1n) is 9.60. The number of alkyl halides is 2. The molecule has 2 aromatic heterocycles. The van der Waals surface area contributed by atoms with Crippen LogP contribution >= 0.6 is 0 Å². The van der Waals surface area contributed by atoms with E-state index in [1.807, 2.05) is 39.1 Å². The zero-order valence-electron chi connectivity index (χ0n) is 17.2. The first-order valence-corrected chi connectivity index (χ1v) is 9.60. The molecule has 0 aliphatic carbocycles. The molecule has 0 atom stereocenters. The Labute approximate surface area is 177 Å². The third-order valence-electron chi connectivity index (χ3n) is 5.08. The van der Waals surface area contributed by atoms with Crippen LogP contribution in [0.3, 0.4) is 0 Å². The number of halogens is 2. The lowest BCUT2D eigenvalue weighted by atomic mass is 10.0. The summed E-state index contributed by atoms with van der Waals surface area (Å²) >= 11 is 0. The number of carbonyl (C=O) groups is 1. The van der Waals surface area contributed by atoms with Gasteiger partial charge in [-0.15, -0.1) is 0 Å². The zero-order valence-corrected chi connectivity index (χ0v) is 17.2. The Kier molecular flexibility index (Phi) is 5.37. The van der Waals surface area contributed by atoms with Crippen LogP contribution in [0.25, 0.3) is 22.2 Å². The van der Waals surface area contributed by atoms with Crippen LogP contribution in [-0.2, 0) is 7.05 Å². The van der Waals surface area contributed by atoms with Crippen molar-refractivity contribution in [1.82, 2.24) is 14.8 Å². The number of amides is 1. The lowest BCUT2D eigenvalue weighted by Gasteiger charge is -2.13. The number of nitrogens with one attached hydrogen (secondary N) is 1. The topological polar surface area (TPSA) is 69.0 Å². The average Bonchev–Trinajstić information content (AvgIpc) is 2.99. The number of hydrogen-bond donors (Lipinski definition) is 1. The first kappa shape index (κ1) is 20.5. The van der Waals surface area contributed by atoms with Crippen LogP contribution in [0.2, 0.25) is 0 Å². The Hall–Kier alpha value is -3.81. The van der Waals surface area contributed by atoms with Crippen molar-refractivity contribution in [2.75, 3.05) is 5.32 Å². The van der Waals surface area contributed by atoms with Gasteiger partial charge in [-0.3, -0.25) is 9.48 Å². The van der Waals surface area contributed by atoms with Crippen LogP contribution in [0.5, 0.6) is 5.75 Å². The Morgan fingerprint density at radius 1 is 1.10 bits per heavy atom. The minimum Gasteiger partial charge on any atom is -0.433 e. The fourth-order valence-corrected chi connectivity index (χ4v) is 3.59. The summed E-state index contributed by atoms with van der Waals surface area (Å²) in [5.74, 6) is -0.562. The monoisotopic (exact) mass is 422 g/mol. The van der Waals surface area contributed by atoms with Crippen molar-refractivity contribution in [2.45, 2.75) is 20.5 Å². The van der Waals surface area contributed by atoms with Gasteiger partial charge in [0.05, 0.1) is 28.2 Å². The van der Waals surface area contributed by atoms with E-state index < -0.39 is 12.5 Å². The van der Waals surface area contributed by atoms with Gasteiger partial charge in [0.1, 0.15) is 5.75 Å². The number of anilines is 1. The van der Waals surface area contributed by atoms with Crippen molar-refractivity contribution in [1.29, 1.82) is 0 Å². The molecule has 1 N–H and O–H groups in total. The smallest absolute Gasteiger partial charge is 0.387 e. The van der Waals surface area contributed by atoms with Gasteiger partial charge in [-0.1, -0.05) is 30.3 Å². The van der Waals surface area contributed by atoms with E-state index in [0.29, 0.717) is 22.2 Å². The summed E-state index contributed by atoms with van der Waals surface area (Å²) < 4.78 is 31.8. The van der Waals surface area contributed by atoms with Crippen LogP contribution in [0.15, 0.2) is 54.6 Å². The van der Waals surface area contributed by atoms with Crippen LogP contribution < -0.4 is 10.1 Å². The number of aryl methyl sites for hydroxylation is 2. The van der Waals surface area contributed by atoms with Crippen LogP contribution in [-0.4, -0.2) is 27.3 Å². The molecule has 0 radical (unpaired) electrons. The quantitative estimate of drug-likeness (QED) is 0.486. The molecule has 6 nitrogen and oxygen atoms in total. The summed E-state index contributed by atoms with van der Waals surface area (Å²) in [4.78, 5) is 18.0. The van der Waals surface area contributed by atoms with E-state index in [1.54, 1.807) is 28.9 Å². The highest BCUT2D eigenvalue weighted by atomic mass is 19.3. The predicted octanol–water partition coefficient (Wildman–Crippen LogP) is 5.11. The Balaban J connectivity index is 1.81. The molecule has 0 saturated heterocycles. The summed E-state index contributed by atoms with van der Waals surface area (Å²) in [6.07, 6.45) is 0. The molecule has 31 heavy (non-hydrogen) atoms. The van der Waals surface area contributed by atoms with Gasteiger partial charge in [-0.2, -0.15) is 13.9 Å². The molecule has 0 fully saturated rings. The molecule has 2 heterocycles. The second kappa shape index (κ2) is 8.14. The predicted molar refractivity (Wildman–Crippen MR) is 114 cm³/mol. The number of carbonyl (C=O) groups excluding carboxylic acids is 1. The van der Waals surface area contributed by atoms with Crippen molar-refractivity contribution in [2.24, 2.45) is 7.05 Å². The highest BCUT2D eigenvalue weighted by Gasteiger charge is 2.19. The standard InChI is InChI=1S/C23H20F2N4O2/c1-13-21(14(2)29(3)28-13)19-12-16(15-8-4-5-9-17(15)26-19)22(30)27-18-10-6-7-11-20(18)31-23(24)25/h4-12,23H,1-3H3,(H,27,30). The fraction of sp³-hybridized carbons (Fsp3) is 0.174. The van der Waals surface area contributed by atoms with Gasteiger partial charge in [-0.05, 0) is 38.1 Å². The minimum atomic E-state index is -3.00. The Bertz CT molecular complexity index is 1280. The van der Waals surface area contributed by atoms with Crippen molar-refractivity contribution < 1.29 is 18.3 Å². The largest absolute Gasteiger partial charge is 0.433 e. The van der Waals surface area contributed by atoms with Gasteiger partial charge in [-0.25, -0.2) is 4.98 Å². The van der Waals surface area contributed by atoms with Gasteiger partial charge in [0.15, 0.2) is 0 Å². The molecule has 0 aliphatic heterocycles. The molecule has 1 amide bonds. The van der Waals surface area contributed by atoms with Gasteiger partial charge in [0.25, 0.3) is 5.91 Å². The van der Waals surface area contributed by atoms with Gasteiger partial charge in [0.2, 0.25) is 0 Å². The number of hydrogen-bond acceptors (Lipinski definition) is 4. The molecule has 158 valence electrons. The lowest BCUT2D eigenvalue weighted by Crippen LogP contribution is -2.15. The molecule has 2 aromatic carbocycles. The molecule has 0 saturated carbocycles. The normalized spacial score (nSPS) is 11.2. The minimum absolute atomic E-state index is 0.108. The summed E-state index contributed by atoms with van der Waals surface area (Å²) in [6, 6.07) is 15.1. The van der Waals surface area contributed by atoms with E-state index in [1.165, 1.54) is 12.1 Å². The maximum atomic E-state index is 13.2.